The Hall–Kier alpha value is -2.73. The first-order chi connectivity index (χ1) is 12.0. The molecule has 0 radical (unpaired) electrons. The minimum atomic E-state index is -0.268. The van der Waals surface area contributed by atoms with Crippen molar-refractivity contribution in [1.82, 2.24) is 14.6 Å². The highest BCUT2D eigenvalue weighted by Gasteiger charge is 2.17. The maximum atomic E-state index is 12.6. The first-order valence-corrected chi connectivity index (χ1v) is 8.87. The standard InChI is InChI=1S/C19H17N3O2S/c1-11-8-9-16(12(2)10-11)24-13(3)17-21-22-18(23)14-6-4-5-7-15(14)20-19(22)25-17/h4-10,13H,1-3H3/t13-/m1/s1. The van der Waals surface area contributed by atoms with Crippen molar-refractivity contribution in [2.45, 2.75) is 26.9 Å². The minimum Gasteiger partial charge on any atom is -0.483 e. The number of hydrogen-bond acceptors (Lipinski definition) is 5. The van der Waals surface area contributed by atoms with Gasteiger partial charge in [0.2, 0.25) is 4.96 Å². The SMILES string of the molecule is Cc1ccc(O[C@H](C)c2nn3c(=O)c4ccccc4nc3s2)c(C)c1. The van der Waals surface area contributed by atoms with E-state index in [-0.39, 0.29) is 11.7 Å². The summed E-state index contributed by atoms with van der Waals surface area (Å²) in [4.78, 5) is 17.7. The van der Waals surface area contributed by atoms with Gasteiger partial charge in [0.25, 0.3) is 5.56 Å². The second-order valence-electron chi connectivity index (χ2n) is 6.10. The van der Waals surface area contributed by atoms with E-state index >= 15 is 0 Å². The number of hydrogen-bond donors (Lipinski definition) is 0. The summed E-state index contributed by atoms with van der Waals surface area (Å²) >= 11 is 1.38. The molecule has 2 heterocycles. The van der Waals surface area contributed by atoms with Gasteiger partial charge < -0.3 is 4.74 Å². The highest BCUT2D eigenvalue weighted by atomic mass is 32.1. The zero-order valence-electron chi connectivity index (χ0n) is 14.2. The van der Waals surface area contributed by atoms with E-state index in [4.69, 9.17) is 4.74 Å². The molecule has 4 rings (SSSR count). The van der Waals surface area contributed by atoms with Crippen LogP contribution < -0.4 is 10.3 Å². The maximum absolute atomic E-state index is 12.6. The molecule has 5 nitrogen and oxygen atoms in total. The van der Waals surface area contributed by atoms with Crippen molar-refractivity contribution in [3.63, 3.8) is 0 Å². The number of aromatic nitrogens is 3. The summed E-state index contributed by atoms with van der Waals surface area (Å²) in [6.45, 7) is 6.00. The van der Waals surface area contributed by atoms with Crippen molar-refractivity contribution in [1.29, 1.82) is 0 Å². The average Bonchev–Trinajstić information content (AvgIpc) is 3.02. The molecule has 0 aliphatic heterocycles. The molecule has 0 aliphatic carbocycles. The summed E-state index contributed by atoms with van der Waals surface area (Å²) in [6.07, 6.45) is -0.268. The highest BCUT2D eigenvalue weighted by Crippen LogP contribution is 2.28. The molecule has 0 saturated heterocycles. The van der Waals surface area contributed by atoms with Gasteiger partial charge in [-0.3, -0.25) is 4.79 Å². The summed E-state index contributed by atoms with van der Waals surface area (Å²) in [7, 11) is 0. The van der Waals surface area contributed by atoms with Crippen molar-refractivity contribution in [2.24, 2.45) is 0 Å². The number of para-hydroxylation sites is 1. The molecule has 6 heteroatoms. The van der Waals surface area contributed by atoms with Crippen LogP contribution in [-0.2, 0) is 0 Å². The van der Waals surface area contributed by atoms with E-state index in [9.17, 15) is 4.79 Å². The van der Waals surface area contributed by atoms with Gasteiger partial charge in [0, 0.05) is 0 Å². The smallest absolute Gasteiger partial charge is 0.283 e. The molecule has 0 unspecified atom stereocenters. The van der Waals surface area contributed by atoms with E-state index in [1.165, 1.54) is 21.4 Å². The first-order valence-electron chi connectivity index (χ1n) is 8.05. The molecule has 4 aromatic rings. The molecule has 1 atom stereocenters. The van der Waals surface area contributed by atoms with Gasteiger partial charge >= 0.3 is 0 Å². The van der Waals surface area contributed by atoms with Gasteiger partial charge in [-0.1, -0.05) is 41.2 Å². The third kappa shape index (κ3) is 2.78. The predicted octanol–water partition coefficient (Wildman–Crippen LogP) is 4.06. The second-order valence-corrected chi connectivity index (χ2v) is 7.09. The fraction of sp³-hybridized carbons (Fsp3) is 0.211. The molecular formula is C19H17N3O2S. The average molecular weight is 351 g/mol. The molecule has 0 aliphatic rings. The Morgan fingerprint density at radius 2 is 1.96 bits per heavy atom. The molecule has 126 valence electrons. The van der Waals surface area contributed by atoms with Crippen LogP contribution in [0.25, 0.3) is 15.9 Å². The van der Waals surface area contributed by atoms with Gasteiger partial charge in [-0.15, -0.1) is 0 Å². The molecule has 0 bridgehead atoms. The molecule has 0 saturated carbocycles. The van der Waals surface area contributed by atoms with Crippen LogP contribution in [0.3, 0.4) is 0 Å². The molecule has 2 aromatic carbocycles. The van der Waals surface area contributed by atoms with E-state index in [1.807, 2.05) is 44.2 Å². The van der Waals surface area contributed by atoms with Gasteiger partial charge in [0.1, 0.15) is 11.9 Å². The molecule has 0 N–H and O–H groups in total. The lowest BCUT2D eigenvalue weighted by Crippen LogP contribution is -2.15. The Morgan fingerprint density at radius 1 is 1.16 bits per heavy atom. The lowest BCUT2D eigenvalue weighted by Gasteiger charge is -2.14. The van der Waals surface area contributed by atoms with Gasteiger partial charge in [-0.05, 0) is 44.5 Å². The Bertz CT molecular complexity index is 1150. The zero-order chi connectivity index (χ0) is 17.6. The van der Waals surface area contributed by atoms with Crippen LogP contribution in [0.5, 0.6) is 5.75 Å². The van der Waals surface area contributed by atoms with Crippen molar-refractivity contribution < 1.29 is 4.74 Å². The van der Waals surface area contributed by atoms with Crippen molar-refractivity contribution in [2.75, 3.05) is 0 Å². The lowest BCUT2D eigenvalue weighted by molar-refractivity contribution is 0.223. The number of benzene rings is 2. The predicted molar refractivity (Wildman–Crippen MR) is 99.6 cm³/mol. The van der Waals surface area contributed by atoms with Crippen LogP contribution in [-0.4, -0.2) is 14.6 Å². The fourth-order valence-corrected chi connectivity index (χ4v) is 3.68. The molecule has 0 fully saturated rings. The number of rotatable bonds is 3. The van der Waals surface area contributed by atoms with Crippen LogP contribution in [0.4, 0.5) is 0 Å². The molecule has 25 heavy (non-hydrogen) atoms. The van der Waals surface area contributed by atoms with E-state index in [0.29, 0.717) is 15.9 Å². The van der Waals surface area contributed by atoms with Crippen LogP contribution in [0.2, 0.25) is 0 Å². The van der Waals surface area contributed by atoms with Gasteiger partial charge in [-0.2, -0.15) is 9.61 Å². The Morgan fingerprint density at radius 3 is 2.76 bits per heavy atom. The summed E-state index contributed by atoms with van der Waals surface area (Å²) in [5.41, 5.74) is 2.81. The van der Waals surface area contributed by atoms with Crippen LogP contribution in [0.15, 0.2) is 47.3 Å². The number of ether oxygens (including phenoxy) is 1. The molecule has 0 spiro atoms. The van der Waals surface area contributed by atoms with Crippen molar-refractivity contribution >= 4 is 27.2 Å². The van der Waals surface area contributed by atoms with E-state index < -0.39 is 0 Å². The molecular weight excluding hydrogens is 334 g/mol. The summed E-state index contributed by atoms with van der Waals surface area (Å²) in [5.74, 6) is 0.822. The van der Waals surface area contributed by atoms with Crippen LogP contribution in [0.1, 0.15) is 29.2 Å². The topological polar surface area (TPSA) is 56.5 Å². The normalized spacial score (nSPS) is 12.6. The largest absolute Gasteiger partial charge is 0.483 e. The minimum absolute atomic E-state index is 0.151. The summed E-state index contributed by atoms with van der Waals surface area (Å²) < 4.78 is 7.42. The Balaban J connectivity index is 1.75. The molecule has 2 aromatic heterocycles. The fourth-order valence-electron chi connectivity index (χ4n) is 2.81. The Labute approximate surface area is 148 Å². The van der Waals surface area contributed by atoms with E-state index in [0.717, 1.165) is 16.3 Å². The summed E-state index contributed by atoms with van der Waals surface area (Å²) in [6, 6.07) is 13.4. The van der Waals surface area contributed by atoms with Crippen LogP contribution >= 0.6 is 11.3 Å². The quantitative estimate of drug-likeness (QED) is 0.558. The summed E-state index contributed by atoms with van der Waals surface area (Å²) in [5, 5.41) is 5.73. The second kappa shape index (κ2) is 5.97. The highest BCUT2D eigenvalue weighted by molar-refractivity contribution is 7.16. The van der Waals surface area contributed by atoms with Gasteiger partial charge in [0.05, 0.1) is 10.9 Å². The van der Waals surface area contributed by atoms with Gasteiger partial charge in [-0.25, -0.2) is 4.98 Å². The first kappa shape index (κ1) is 15.8. The van der Waals surface area contributed by atoms with Crippen molar-refractivity contribution in [3.8, 4) is 5.75 Å². The molecule has 0 amide bonds. The van der Waals surface area contributed by atoms with Gasteiger partial charge in [0.15, 0.2) is 5.01 Å². The van der Waals surface area contributed by atoms with Crippen LogP contribution in [0, 0.1) is 13.8 Å². The number of aryl methyl sites for hydroxylation is 2. The van der Waals surface area contributed by atoms with Crippen molar-refractivity contribution in [3.05, 3.63) is 69.0 Å². The number of fused-ring (bicyclic) bond motifs is 2. The maximum Gasteiger partial charge on any atom is 0.283 e. The zero-order valence-corrected chi connectivity index (χ0v) is 15.0. The third-order valence-corrected chi connectivity index (χ3v) is 5.17. The van der Waals surface area contributed by atoms with E-state index in [1.54, 1.807) is 6.07 Å². The monoisotopic (exact) mass is 351 g/mol. The Kier molecular flexibility index (Phi) is 3.77. The van der Waals surface area contributed by atoms with E-state index in [2.05, 4.69) is 23.1 Å². The lowest BCUT2D eigenvalue weighted by atomic mass is 10.1. The number of nitrogens with zero attached hydrogens (tertiary/aromatic N) is 3. The third-order valence-electron chi connectivity index (χ3n) is 4.10.